The monoisotopic (exact) mass is 539 g/mol. The topological polar surface area (TPSA) is 40.5 Å². The highest BCUT2D eigenvalue weighted by Crippen LogP contribution is 2.49. The van der Waals surface area contributed by atoms with Gasteiger partial charge in [-0.1, -0.05) is 69.2 Å². The second-order valence-corrected chi connectivity index (χ2v) is 11.8. The van der Waals surface area contributed by atoms with Gasteiger partial charge in [-0.3, -0.25) is 9.69 Å². The SMILES string of the molecule is CC1(C)CCN(C(c2ccc(F)cc2)c2cccc(C3(C(=O)O)CCCC3)c2-c2ccc(C(F)(F)F)cc2)C1. The van der Waals surface area contributed by atoms with Gasteiger partial charge in [0.1, 0.15) is 5.82 Å². The number of aliphatic carboxylic acids is 1. The van der Waals surface area contributed by atoms with Crippen LogP contribution < -0.4 is 0 Å². The molecule has 1 N–H and O–H groups in total. The molecule has 1 saturated heterocycles. The van der Waals surface area contributed by atoms with E-state index in [9.17, 15) is 27.5 Å². The Morgan fingerprint density at radius 1 is 0.923 bits per heavy atom. The van der Waals surface area contributed by atoms with Crippen LogP contribution in [0.3, 0.4) is 0 Å². The largest absolute Gasteiger partial charge is 0.481 e. The third-order valence-electron chi connectivity index (χ3n) is 8.53. The van der Waals surface area contributed by atoms with Crippen LogP contribution in [-0.2, 0) is 16.4 Å². The lowest BCUT2D eigenvalue weighted by Gasteiger charge is -2.35. The maximum atomic E-state index is 14.0. The van der Waals surface area contributed by atoms with Gasteiger partial charge in [0.15, 0.2) is 0 Å². The first-order valence-corrected chi connectivity index (χ1v) is 13.5. The zero-order valence-corrected chi connectivity index (χ0v) is 22.2. The van der Waals surface area contributed by atoms with Crippen LogP contribution in [0.2, 0.25) is 0 Å². The summed E-state index contributed by atoms with van der Waals surface area (Å²) in [6.07, 6.45) is -1.05. The Labute approximate surface area is 226 Å². The summed E-state index contributed by atoms with van der Waals surface area (Å²) in [6, 6.07) is 16.7. The number of hydrogen-bond donors (Lipinski definition) is 1. The van der Waals surface area contributed by atoms with Gasteiger partial charge in [-0.15, -0.1) is 0 Å². The molecule has 0 amide bonds. The van der Waals surface area contributed by atoms with Crippen molar-refractivity contribution >= 4 is 5.97 Å². The van der Waals surface area contributed by atoms with Gasteiger partial charge in [-0.2, -0.15) is 13.2 Å². The maximum absolute atomic E-state index is 14.0. The fraction of sp³-hybridized carbons (Fsp3) is 0.406. The number of benzene rings is 3. The normalized spacial score (nSPS) is 19.7. The quantitative estimate of drug-likeness (QED) is 0.321. The number of likely N-dealkylation sites (tertiary alicyclic amines) is 1. The third-order valence-corrected chi connectivity index (χ3v) is 8.53. The van der Waals surface area contributed by atoms with Crippen LogP contribution in [0.4, 0.5) is 17.6 Å². The molecule has 0 aromatic heterocycles. The fourth-order valence-electron chi connectivity index (χ4n) is 6.53. The van der Waals surface area contributed by atoms with Gasteiger partial charge in [0.05, 0.1) is 17.0 Å². The molecular formula is C32H33F4NO2. The van der Waals surface area contributed by atoms with E-state index in [-0.39, 0.29) is 17.3 Å². The number of hydrogen-bond acceptors (Lipinski definition) is 2. The number of alkyl halides is 3. The van der Waals surface area contributed by atoms with Crippen LogP contribution >= 0.6 is 0 Å². The van der Waals surface area contributed by atoms with E-state index < -0.39 is 23.1 Å². The van der Waals surface area contributed by atoms with Gasteiger partial charge >= 0.3 is 12.1 Å². The first kappa shape index (κ1) is 27.4. The Morgan fingerprint density at radius 2 is 1.56 bits per heavy atom. The zero-order chi connectivity index (χ0) is 28.0. The Morgan fingerprint density at radius 3 is 2.10 bits per heavy atom. The summed E-state index contributed by atoms with van der Waals surface area (Å²) in [5.41, 5.74) is 1.70. The van der Waals surface area contributed by atoms with Crippen molar-refractivity contribution < 1.29 is 27.5 Å². The van der Waals surface area contributed by atoms with Gasteiger partial charge in [-0.25, -0.2) is 4.39 Å². The molecule has 1 aliphatic carbocycles. The van der Waals surface area contributed by atoms with Crippen LogP contribution in [0.25, 0.3) is 11.1 Å². The maximum Gasteiger partial charge on any atom is 0.416 e. The second kappa shape index (κ2) is 10.1. The molecule has 39 heavy (non-hydrogen) atoms. The summed E-state index contributed by atoms with van der Waals surface area (Å²) in [7, 11) is 0. The van der Waals surface area contributed by atoms with Gasteiger partial charge in [-0.05, 0) is 83.3 Å². The summed E-state index contributed by atoms with van der Waals surface area (Å²) in [5.74, 6) is -1.27. The molecular weight excluding hydrogens is 506 g/mol. The van der Waals surface area contributed by atoms with E-state index >= 15 is 0 Å². The molecule has 3 aromatic carbocycles. The predicted molar refractivity (Wildman–Crippen MR) is 143 cm³/mol. The van der Waals surface area contributed by atoms with Gasteiger partial charge < -0.3 is 5.11 Å². The molecule has 1 atom stereocenters. The number of halogens is 4. The summed E-state index contributed by atoms with van der Waals surface area (Å²) >= 11 is 0. The van der Waals surface area contributed by atoms with Crippen molar-refractivity contribution in [1.82, 2.24) is 4.90 Å². The molecule has 7 heteroatoms. The van der Waals surface area contributed by atoms with E-state index in [1.165, 1.54) is 24.3 Å². The molecule has 5 rings (SSSR count). The zero-order valence-electron chi connectivity index (χ0n) is 22.2. The molecule has 0 spiro atoms. The number of carboxylic acid groups (broad SMARTS) is 1. The Hall–Kier alpha value is -3.19. The van der Waals surface area contributed by atoms with Crippen molar-refractivity contribution in [3.63, 3.8) is 0 Å². The molecule has 2 fully saturated rings. The highest BCUT2D eigenvalue weighted by atomic mass is 19.4. The minimum Gasteiger partial charge on any atom is -0.481 e. The third kappa shape index (κ3) is 5.21. The van der Waals surface area contributed by atoms with Crippen molar-refractivity contribution in [2.75, 3.05) is 13.1 Å². The average Bonchev–Trinajstić information content (AvgIpc) is 3.52. The summed E-state index contributed by atoms with van der Waals surface area (Å²) in [6.45, 7) is 5.95. The van der Waals surface area contributed by atoms with Crippen LogP contribution in [-0.4, -0.2) is 29.1 Å². The fourth-order valence-corrected chi connectivity index (χ4v) is 6.53. The minimum absolute atomic E-state index is 0.0537. The molecule has 1 heterocycles. The van der Waals surface area contributed by atoms with E-state index in [2.05, 4.69) is 18.7 Å². The molecule has 0 bridgehead atoms. The lowest BCUT2D eigenvalue weighted by atomic mass is 9.73. The van der Waals surface area contributed by atoms with E-state index in [1.54, 1.807) is 12.1 Å². The standard InChI is InChI=1S/C32H33F4NO2/c1-30(2)18-19-37(20-30)28(22-10-14-24(33)15-11-22)25-6-5-7-26(31(29(38)39)16-3-4-17-31)27(25)21-8-12-23(13-9-21)32(34,35)36/h5-15,28H,3-4,16-20H2,1-2H3,(H,38,39). The second-order valence-electron chi connectivity index (χ2n) is 11.8. The van der Waals surface area contributed by atoms with Crippen molar-refractivity contribution in [3.05, 3.63) is 94.8 Å². The molecule has 1 unspecified atom stereocenters. The summed E-state index contributed by atoms with van der Waals surface area (Å²) in [4.78, 5) is 15.1. The first-order chi connectivity index (χ1) is 18.4. The molecule has 3 nitrogen and oxygen atoms in total. The number of carbonyl (C=O) groups is 1. The smallest absolute Gasteiger partial charge is 0.416 e. The Bertz CT molecular complexity index is 1340. The van der Waals surface area contributed by atoms with Gasteiger partial charge in [0.25, 0.3) is 0 Å². The van der Waals surface area contributed by atoms with E-state index in [1.807, 2.05) is 18.2 Å². The highest BCUT2D eigenvalue weighted by molar-refractivity contribution is 5.87. The number of nitrogens with zero attached hydrogens (tertiary/aromatic N) is 1. The molecule has 1 aliphatic heterocycles. The lowest BCUT2D eigenvalue weighted by Crippen LogP contribution is -2.34. The van der Waals surface area contributed by atoms with Crippen LogP contribution in [0.1, 0.15) is 74.2 Å². The van der Waals surface area contributed by atoms with Crippen LogP contribution in [0.15, 0.2) is 66.7 Å². The molecule has 0 radical (unpaired) electrons. The number of carboxylic acids is 1. The highest BCUT2D eigenvalue weighted by Gasteiger charge is 2.46. The molecule has 2 aliphatic rings. The molecule has 206 valence electrons. The minimum atomic E-state index is -4.48. The molecule has 1 saturated carbocycles. The number of rotatable bonds is 6. The Balaban J connectivity index is 1.77. The van der Waals surface area contributed by atoms with Crippen molar-refractivity contribution in [3.8, 4) is 11.1 Å². The summed E-state index contributed by atoms with van der Waals surface area (Å²) in [5, 5.41) is 10.5. The van der Waals surface area contributed by atoms with E-state index in [4.69, 9.17) is 0 Å². The van der Waals surface area contributed by atoms with Gasteiger partial charge in [0, 0.05) is 6.54 Å². The van der Waals surface area contributed by atoms with Gasteiger partial charge in [0.2, 0.25) is 0 Å². The average molecular weight is 540 g/mol. The van der Waals surface area contributed by atoms with Crippen molar-refractivity contribution in [1.29, 1.82) is 0 Å². The first-order valence-electron chi connectivity index (χ1n) is 13.5. The van der Waals surface area contributed by atoms with Crippen LogP contribution in [0.5, 0.6) is 0 Å². The van der Waals surface area contributed by atoms with Crippen molar-refractivity contribution in [2.45, 2.75) is 63.6 Å². The summed E-state index contributed by atoms with van der Waals surface area (Å²) < 4.78 is 54.3. The Kier molecular flexibility index (Phi) is 7.08. The van der Waals surface area contributed by atoms with E-state index in [0.29, 0.717) is 29.5 Å². The van der Waals surface area contributed by atoms with Crippen LogP contribution in [0, 0.1) is 11.2 Å². The lowest BCUT2D eigenvalue weighted by molar-refractivity contribution is -0.143. The molecule has 3 aromatic rings. The van der Waals surface area contributed by atoms with E-state index in [0.717, 1.165) is 55.6 Å². The predicted octanol–water partition coefficient (Wildman–Crippen LogP) is 8.23. The van der Waals surface area contributed by atoms with Crippen molar-refractivity contribution in [2.24, 2.45) is 5.41 Å².